The summed E-state index contributed by atoms with van der Waals surface area (Å²) in [6.45, 7) is 6.06. The van der Waals surface area contributed by atoms with Gasteiger partial charge in [0.2, 0.25) is 23.1 Å². The smallest absolute Gasteiger partial charge is 0.231 e. The van der Waals surface area contributed by atoms with Gasteiger partial charge in [-0.3, -0.25) is 4.79 Å². The van der Waals surface area contributed by atoms with Gasteiger partial charge in [0.25, 0.3) is 0 Å². The molecule has 0 unspecified atom stereocenters. The number of hydrogen-bond donors (Lipinski definition) is 1. The lowest BCUT2D eigenvalue weighted by Gasteiger charge is -2.18. The van der Waals surface area contributed by atoms with Gasteiger partial charge in [-0.25, -0.2) is 0 Å². The number of halogens is 1. The summed E-state index contributed by atoms with van der Waals surface area (Å²) in [5.41, 5.74) is 0. The maximum atomic E-state index is 11.5. The van der Waals surface area contributed by atoms with Crippen LogP contribution in [0.15, 0.2) is 0 Å². The molecule has 0 atom stereocenters. The van der Waals surface area contributed by atoms with Crippen molar-refractivity contribution < 1.29 is 4.79 Å². The van der Waals surface area contributed by atoms with Crippen LogP contribution in [0, 0.1) is 0 Å². The highest BCUT2D eigenvalue weighted by Gasteiger charge is 2.10. The standard InChI is InChI=1S/C12H21ClN6O/c1-5-19(6-2)12-16-10(13)15-11(17-12)14-8-7-9(20)18(3)4/h5-8H2,1-4H3,(H,14,15,16,17). The van der Waals surface area contributed by atoms with Gasteiger partial charge in [-0.1, -0.05) is 0 Å². The van der Waals surface area contributed by atoms with Crippen molar-refractivity contribution in [2.45, 2.75) is 20.3 Å². The molecule has 1 rings (SSSR count). The lowest BCUT2D eigenvalue weighted by molar-refractivity contribution is -0.128. The van der Waals surface area contributed by atoms with Crippen LogP contribution in [0.5, 0.6) is 0 Å². The molecule has 7 nitrogen and oxygen atoms in total. The Balaban J connectivity index is 2.69. The lowest BCUT2D eigenvalue weighted by atomic mass is 10.4. The summed E-state index contributed by atoms with van der Waals surface area (Å²) in [5, 5.41) is 3.14. The largest absolute Gasteiger partial charge is 0.354 e. The Morgan fingerprint density at radius 3 is 2.40 bits per heavy atom. The van der Waals surface area contributed by atoms with Gasteiger partial charge in [-0.15, -0.1) is 0 Å². The molecule has 0 spiro atoms. The molecule has 0 saturated heterocycles. The average molecular weight is 301 g/mol. The van der Waals surface area contributed by atoms with E-state index >= 15 is 0 Å². The Hall–Kier alpha value is -1.63. The zero-order valence-corrected chi connectivity index (χ0v) is 13.1. The van der Waals surface area contributed by atoms with E-state index in [4.69, 9.17) is 11.6 Å². The highest BCUT2D eigenvalue weighted by atomic mass is 35.5. The fourth-order valence-electron chi connectivity index (χ4n) is 1.57. The third-order valence-electron chi connectivity index (χ3n) is 2.76. The number of hydrogen-bond acceptors (Lipinski definition) is 6. The van der Waals surface area contributed by atoms with Gasteiger partial charge >= 0.3 is 0 Å². The second kappa shape index (κ2) is 7.84. The molecule has 1 aromatic heterocycles. The number of carbonyl (C=O) groups excluding carboxylic acids is 1. The molecule has 0 aliphatic carbocycles. The van der Waals surface area contributed by atoms with Gasteiger partial charge in [-0.2, -0.15) is 15.0 Å². The van der Waals surface area contributed by atoms with Crippen LogP contribution in [-0.2, 0) is 4.79 Å². The summed E-state index contributed by atoms with van der Waals surface area (Å²) >= 11 is 5.90. The molecule has 20 heavy (non-hydrogen) atoms. The normalized spacial score (nSPS) is 10.2. The van der Waals surface area contributed by atoms with E-state index in [0.29, 0.717) is 24.9 Å². The third kappa shape index (κ3) is 4.80. The zero-order chi connectivity index (χ0) is 15.1. The molecule has 1 N–H and O–H groups in total. The summed E-state index contributed by atoms with van der Waals surface area (Å²) in [4.78, 5) is 27.4. The summed E-state index contributed by atoms with van der Waals surface area (Å²) < 4.78 is 0. The molecule has 112 valence electrons. The van der Waals surface area contributed by atoms with Crippen LogP contribution < -0.4 is 10.2 Å². The number of amides is 1. The van der Waals surface area contributed by atoms with Gasteiger partial charge in [0.1, 0.15) is 0 Å². The molecule has 0 saturated carbocycles. The average Bonchev–Trinajstić information content (AvgIpc) is 2.39. The lowest BCUT2D eigenvalue weighted by Crippen LogP contribution is -2.26. The number of nitrogens with one attached hydrogen (secondary N) is 1. The van der Waals surface area contributed by atoms with Gasteiger partial charge in [0.15, 0.2) is 0 Å². The molecule has 0 fully saturated rings. The topological polar surface area (TPSA) is 74.2 Å². The van der Waals surface area contributed by atoms with Crippen LogP contribution in [0.25, 0.3) is 0 Å². The van der Waals surface area contributed by atoms with E-state index in [2.05, 4.69) is 20.3 Å². The Bertz CT molecular complexity index is 450. The van der Waals surface area contributed by atoms with Crippen molar-refractivity contribution in [1.29, 1.82) is 0 Å². The molecular weight excluding hydrogens is 280 g/mol. The van der Waals surface area contributed by atoms with E-state index < -0.39 is 0 Å². The van der Waals surface area contributed by atoms with Gasteiger partial charge in [0, 0.05) is 40.2 Å². The molecule has 0 aromatic carbocycles. The Morgan fingerprint density at radius 1 is 1.20 bits per heavy atom. The van der Waals surface area contributed by atoms with E-state index in [1.165, 1.54) is 0 Å². The molecule has 1 heterocycles. The second-order valence-electron chi connectivity index (χ2n) is 4.37. The van der Waals surface area contributed by atoms with Crippen molar-refractivity contribution in [3.63, 3.8) is 0 Å². The third-order valence-corrected chi connectivity index (χ3v) is 2.93. The number of aromatic nitrogens is 3. The minimum Gasteiger partial charge on any atom is -0.354 e. The van der Waals surface area contributed by atoms with Crippen LogP contribution in [-0.4, -0.2) is 59.5 Å². The molecule has 0 aliphatic rings. The predicted octanol–water partition coefficient (Wildman–Crippen LogP) is 1.26. The molecule has 0 bridgehead atoms. The van der Waals surface area contributed by atoms with Crippen molar-refractivity contribution in [3.8, 4) is 0 Å². The highest BCUT2D eigenvalue weighted by molar-refractivity contribution is 6.28. The first-order chi connectivity index (χ1) is 9.47. The highest BCUT2D eigenvalue weighted by Crippen LogP contribution is 2.13. The van der Waals surface area contributed by atoms with E-state index in [1.807, 2.05) is 18.7 Å². The molecular formula is C12H21ClN6O. The number of carbonyl (C=O) groups is 1. The predicted molar refractivity (Wildman–Crippen MR) is 80.2 cm³/mol. The Labute approximate surface area is 124 Å². The summed E-state index contributed by atoms with van der Waals surface area (Å²) in [6, 6.07) is 0. The monoisotopic (exact) mass is 300 g/mol. The number of nitrogens with zero attached hydrogens (tertiary/aromatic N) is 5. The van der Waals surface area contributed by atoms with Crippen LogP contribution in [0.1, 0.15) is 20.3 Å². The van der Waals surface area contributed by atoms with Crippen molar-refractivity contribution in [2.24, 2.45) is 0 Å². The van der Waals surface area contributed by atoms with Crippen LogP contribution >= 0.6 is 11.6 Å². The van der Waals surface area contributed by atoms with E-state index in [9.17, 15) is 4.79 Å². The first-order valence-electron chi connectivity index (χ1n) is 6.58. The van der Waals surface area contributed by atoms with Gasteiger partial charge in [0.05, 0.1) is 0 Å². The molecule has 1 aromatic rings. The minimum atomic E-state index is 0.0432. The Morgan fingerprint density at radius 2 is 1.85 bits per heavy atom. The zero-order valence-electron chi connectivity index (χ0n) is 12.4. The summed E-state index contributed by atoms with van der Waals surface area (Å²) in [6.07, 6.45) is 0.372. The first kappa shape index (κ1) is 16.4. The number of rotatable bonds is 7. The quantitative estimate of drug-likeness (QED) is 0.817. The first-order valence-corrected chi connectivity index (χ1v) is 6.96. The van der Waals surface area contributed by atoms with Crippen LogP contribution in [0.2, 0.25) is 5.28 Å². The molecule has 1 amide bonds. The van der Waals surface area contributed by atoms with E-state index in [-0.39, 0.29) is 11.2 Å². The minimum absolute atomic E-state index is 0.0432. The number of anilines is 2. The van der Waals surface area contributed by atoms with Crippen LogP contribution in [0.3, 0.4) is 0 Å². The van der Waals surface area contributed by atoms with Crippen molar-refractivity contribution in [2.75, 3.05) is 43.9 Å². The van der Waals surface area contributed by atoms with Crippen molar-refractivity contribution in [3.05, 3.63) is 5.28 Å². The molecule has 0 radical (unpaired) electrons. The summed E-state index contributed by atoms with van der Waals surface area (Å²) in [7, 11) is 3.45. The van der Waals surface area contributed by atoms with Crippen LogP contribution in [0.4, 0.5) is 11.9 Å². The Kier molecular flexibility index (Phi) is 6.44. The van der Waals surface area contributed by atoms with Crippen molar-refractivity contribution >= 4 is 29.4 Å². The maximum Gasteiger partial charge on any atom is 0.231 e. The molecule has 8 heteroatoms. The second-order valence-corrected chi connectivity index (χ2v) is 4.70. The fraction of sp³-hybridized carbons (Fsp3) is 0.667. The summed E-state index contributed by atoms with van der Waals surface area (Å²) in [5.74, 6) is 0.969. The van der Waals surface area contributed by atoms with Gasteiger partial charge < -0.3 is 15.1 Å². The maximum absolute atomic E-state index is 11.5. The van der Waals surface area contributed by atoms with E-state index in [1.54, 1.807) is 19.0 Å². The fourth-order valence-corrected chi connectivity index (χ4v) is 1.73. The van der Waals surface area contributed by atoms with E-state index in [0.717, 1.165) is 13.1 Å². The van der Waals surface area contributed by atoms with Gasteiger partial charge in [-0.05, 0) is 25.4 Å². The molecule has 0 aliphatic heterocycles. The van der Waals surface area contributed by atoms with Crippen molar-refractivity contribution in [1.82, 2.24) is 19.9 Å². The SMILES string of the molecule is CCN(CC)c1nc(Cl)nc(NCCC(=O)N(C)C)n1.